The Morgan fingerprint density at radius 3 is 2.23 bits per heavy atom. The van der Waals surface area contributed by atoms with Crippen LogP contribution in [0, 0.1) is 6.92 Å². The van der Waals surface area contributed by atoms with Crippen molar-refractivity contribution in [3.8, 4) is 16.9 Å². The van der Waals surface area contributed by atoms with E-state index in [0.29, 0.717) is 17.1 Å². The van der Waals surface area contributed by atoms with Crippen molar-refractivity contribution in [1.29, 1.82) is 0 Å². The van der Waals surface area contributed by atoms with Crippen LogP contribution < -0.4 is 10.6 Å². The van der Waals surface area contributed by atoms with E-state index in [-0.39, 0.29) is 6.54 Å². The SMILES string of the molecule is Cc1ccc(-c2cc(NC(=O)COC(=O)CNC(=O)c3ccccc3)n(-c3ccccc3)n2)cc1. The highest BCUT2D eigenvalue weighted by Crippen LogP contribution is 2.25. The van der Waals surface area contributed by atoms with Crippen LogP contribution in [0.3, 0.4) is 0 Å². The molecule has 2 N–H and O–H groups in total. The first kappa shape index (κ1) is 23.4. The average molecular weight is 469 g/mol. The Hall–Kier alpha value is -4.72. The molecule has 4 rings (SSSR count). The van der Waals surface area contributed by atoms with E-state index in [9.17, 15) is 14.4 Å². The van der Waals surface area contributed by atoms with Gasteiger partial charge in [0.1, 0.15) is 12.4 Å². The zero-order valence-corrected chi connectivity index (χ0v) is 19.1. The van der Waals surface area contributed by atoms with Crippen LogP contribution >= 0.6 is 0 Å². The molecule has 4 aromatic rings. The molecule has 1 aromatic heterocycles. The van der Waals surface area contributed by atoms with Crippen molar-refractivity contribution in [1.82, 2.24) is 15.1 Å². The fourth-order valence-electron chi connectivity index (χ4n) is 3.32. The first-order valence-corrected chi connectivity index (χ1v) is 11.0. The summed E-state index contributed by atoms with van der Waals surface area (Å²) in [7, 11) is 0. The van der Waals surface area contributed by atoms with Crippen molar-refractivity contribution in [3.63, 3.8) is 0 Å². The number of hydrogen-bond donors (Lipinski definition) is 2. The number of amides is 2. The molecule has 0 saturated carbocycles. The van der Waals surface area contributed by atoms with Crippen molar-refractivity contribution < 1.29 is 19.1 Å². The summed E-state index contributed by atoms with van der Waals surface area (Å²) in [5, 5.41) is 9.88. The summed E-state index contributed by atoms with van der Waals surface area (Å²) in [4.78, 5) is 36.6. The summed E-state index contributed by atoms with van der Waals surface area (Å²) in [5.41, 5.74) is 3.91. The van der Waals surface area contributed by atoms with Gasteiger partial charge in [0.05, 0.1) is 11.4 Å². The number of anilines is 1. The lowest BCUT2D eigenvalue weighted by atomic mass is 10.1. The second kappa shape index (κ2) is 10.9. The Labute approximate surface area is 202 Å². The molecule has 0 bridgehead atoms. The predicted octanol–water partition coefficient (Wildman–Crippen LogP) is 3.76. The number of benzene rings is 3. The Kier molecular flexibility index (Phi) is 7.32. The lowest BCUT2D eigenvalue weighted by Gasteiger charge is -2.09. The maximum Gasteiger partial charge on any atom is 0.325 e. The molecule has 1 heterocycles. The minimum absolute atomic E-state index is 0.347. The van der Waals surface area contributed by atoms with E-state index in [4.69, 9.17) is 4.74 Å². The van der Waals surface area contributed by atoms with Crippen LogP contribution in [-0.2, 0) is 14.3 Å². The first-order valence-electron chi connectivity index (χ1n) is 11.0. The largest absolute Gasteiger partial charge is 0.454 e. The van der Waals surface area contributed by atoms with Crippen LogP contribution in [-0.4, -0.2) is 40.7 Å². The van der Waals surface area contributed by atoms with Gasteiger partial charge in [-0.2, -0.15) is 5.10 Å². The van der Waals surface area contributed by atoms with Gasteiger partial charge in [-0.3, -0.25) is 14.4 Å². The molecule has 35 heavy (non-hydrogen) atoms. The summed E-state index contributed by atoms with van der Waals surface area (Å²) in [6.07, 6.45) is 0. The highest BCUT2D eigenvalue weighted by molar-refractivity contribution is 5.96. The van der Waals surface area contributed by atoms with Crippen LogP contribution in [0.5, 0.6) is 0 Å². The van der Waals surface area contributed by atoms with E-state index in [0.717, 1.165) is 16.8 Å². The molecular weight excluding hydrogens is 444 g/mol. The molecular formula is C27H24N4O4. The van der Waals surface area contributed by atoms with Gasteiger partial charge in [0.15, 0.2) is 6.61 Å². The molecule has 0 atom stereocenters. The molecule has 3 aromatic carbocycles. The Bertz CT molecular complexity index is 1320. The van der Waals surface area contributed by atoms with Crippen molar-refractivity contribution in [2.45, 2.75) is 6.92 Å². The van der Waals surface area contributed by atoms with Crippen molar-refractivity contribution >= 4 is 23.6 Å². The summed E-state index contributed by atoms with van der Waals surface area (Å²) >= 11 is 0. The van der Waals surface area contributed by atoms with Gasteiger partial charge in [-0.15, -0.1) is 0 Å². The van der Waals surface area contributed by atoms with E-state index in [1.54, 1.807) is 41.1 Å². The van der Waals surface area contributed by atoms with Gasteiger partial charge < -0.3 is 15.4 Å². The maximum atomic E-state index is 12.5. The number of carbonyl (C=O) groups is 3. The van der Waals surface area contributed by atoms with Gasteiger partial charge >= 0.3 is 5.97 Å². The number of hydrogen-bond acceptors (Lipinski definition) is 5. The van der Waals surface area contributed by atoms with Crippen LogP contribution in [0.2, 0.25) is 0 Å². The Morgan fingerprint density at radius 1 is 0.886 bits per heavy atom. The fourth-order valence-corrected chi connectivity index (χ4v) is 3.32. The highest BCUT2D eigenvalue weighted by atomic mass is 16.5. The lowest BCUT2D eigenvalue weighted by Crippen LogP contribution is -2.32. The number of nitrogens with zero attached hydrogens (tertiary/aromatic N) is 2. The van der Waals surface area contributed by atoms with E-state index >= 15 is 0 Å². The third-order valence-electron chi connectivity index (χ3n) is 5.12. The highest BCUT2D eigenvalue weighted by Gasteiger charge is 2.15. The summed E-state index contributed by atoms with van der Waals surface area (Å²) in [5.74, 6) is -1.21. The number of aryl methyl sites for hydroxylation is 1. The van der Waals surface area contributed by atoms with Crippen LogP contribution in [0.4, 0.5) is 5.82 Å². The van der Waals surface area contributed by atoms with Gasteiger partial charge in [-0.25, -0.2) is 4.68 Å². The number of nitrogens with one attached hydrogen (secondary N) is 2. The number of carbonyl (C=O) groups excluding carboxylic acids is 3. The number of esters is 1. The molecule has 0 aliphatic heterocycles. The van der Waals surface area contributed by atoms with Gasteiger partial charge in [0.2, 0.25) is 0 Å². The summed E-state index contributed by atoms with van der Waals surface area (Å²) in [6, 6.07) is 27.6. The molecule has 8 nitrogen and oxygen atoms in total. The van der Waals surface area contributed by atoms with Crippen molar-refractivity contribution in [2.24, 2.45) is 0 Å². The van der Waals surface area contributed by atoms with Gasteiger partial charge in [-0.05, 0) is 31.2 Å². The maximum absolute atomic E-state index is 12.5. The minimum atomic E-state index is -0.721. The zero-order valence-electron chi connectivity index (χ0n) is 19.1. The number of ether oxygens (including phenoxy) is 1. The average Bonchev–Trinajstić information content (AvgIpc) is 3.31. The molecule has 0 spiro atoms. The van der Waals surface area contributed by atoms with Gasteiger partial charge in [-0.1, -0.05) is 66.2 Å². The molecule has 0 fully saturated rings. The molecule has 0 aliphatic rings. The molecule has 0 aliphatic carbocycles. The second-order valence-electron chi connectivity index (χ2n) is 7.79. The molecule has 0 unspecified atom stereocenters. The van der Waals surface area contributed by atoms with Gasteiger partial charge in [0, 0.05) is 17.2 Å². The van der Waals surface area contributed by atoms with Gasteiger partial charge in [0.25, 0.3) is 11.8 Å². The monoisotopic (exact) mass is 468 g/mol. The first-order chi connectivity index (χ1) is 17.0. The van der Waals surface area contributed by atoms with E-state index < -0.39 is 24.4 Å². The molecule has 0 saturated heterocycles. The van der Waals surface area contributed by atoms with Crippen LogP contribution in [0.15, 0.2) is 91.0 Å². The zero-order chi connectivity index (χ0) is 24.6. The molecule has 176 valence electrons. The summed E-state index contributed by atoms with van der Waals surface area (Å²) in [6.45, 7) is 1.16. The molecule has 8 heteroatoms. The predicted molar refractivity (Wildman–Crippen MR) is 132 cm³/mol. The number of rotatable bonds is 8. The fraction of sp³-hybridized carbons (Fsp3) is 0.111. The number of para-hydroxylation sites is 1. The quantitative estimate of drug-likeness (QED) is 0.384. The lowest BCUT2D eigenvalue weighted by molar-refractivity contribution is -0.146. The van der Waals surface area contributed by atoms with Crippen molar-refractivity contribution in [3.05, 3.63) is 102 Å². The Balaban J connectivity index is 1.39. The third-order valence-corrected chi connectivity index (χ3v) is 5.12. The standard InChI is InChI=1S/C27H24N4O4/c1-19-12-14-20(15-13-19)23-16-24(31(30-23)22-10-6-3-7-11-22)29-25(32)18-35-26(33)17-28-27(34)21-8-4-2-5-9-21/h2-16H,17-18H2,1H3,(H,28,34)(H,29,32). The minimum Gasteiger partial charge on any atom is -0.454 e. The topological polar surface area (TPSA) is 102 Å². The number of aromatic nitrogens is 2. The smallest absolute Gasteiger partial charge is 0.325 e. The van der Waals surface area contributed by atoms with E-state index in [1.807, 2.05) is 61.5 Å². The van der Waals surface area contributed by atoms with Crippen LogP contribution in [0.25, 0.3) is 16.9 Å². The summed E-state index contributed by atoms with van der Waals surface area (Å²) < 4.78 is 6.64. The molecule has 2 amide bonds. The van der Waals surface area contributed by atoms with Crippen molar-refractivity contribution in [2.75, 3.05) is 18.5 Å². The molecule has 0 radical (unpaired) electrons. The van der Waals surface area contributed by atoms with Crippen LogP contribution in [0.1, 0.15) is 15.9 Å². The van der Waals surface area contributed by atoms with E-state index in [2.05, 4.69) is 15.7 Å². The third kappa shape index (κ3) is 6.20. The second-order valence-corrected chi connectivity index (χ2v) is 7.79. The normalized spacial score (nSPS) is 10.4. The van der Waals surface area contributed by atoms with E-state index in [1.165, 1.54) is 0 Å². The Morgan fingerprint density at radius 2 is 1.54 bits per heavy atom.